The molecule has 0 aliphatic rings. The monoisotopic (exact) mass is 345 g/mol. The Kier molecular flexibility index (Phi) is 5.08. The summed E-state index contributed by atoms with van der Waals surface area (Å²) in [4.78, 5) is 12.3. The van der Waals surface area contributed by atoms with Crippen molar-refractivity contribution in [3.8, 4) is 0 Å². The van der Waals surface area contributed by atoms with Gasteiger partial charge in [0.15, 0.2) is 0 Å². The summed E-state index contributed by atoms with van der Waals surface area (Å²) in [5.74, 6) is -0.0996. The van der Waals surface area contributed by atoms with Gasteiger partial charge in [-0.05, 0) is 43.9 Å². The number of hydrogen-bond donors (Lipinski definition) is 1. The molecule has 4 heteroatoms. The molecule has 0 fully saturated rings. The van der Waals surface area contributed by atoms with Crippen LogP contribution in [0, 0.1) is 5.41 Å². The van der Waals surface area contributed by atoms with E-state index in [1.54, 1.807) is 18.2 Å². The quantitative estimate of drug-likeness (QED) is 0.815. The normalized spacial score (nSPS) is 12.4. The van der Waals surface area contributed by atoms with Crippen molar-refractivity contribution in [2.45, 2.75) is 46.6 Å². The lowest BCUT2D eigenvalue weighted by molar-refractivity contribution is 0.0891. The second-order valence-electron chi connectivity index (χ2n) is 6.73. The van der Waals surface area contributed by atoms with Crippen LogP contribution < -0.4 is 5.32 Å². The molecule has 2 nitrogen and oxygen atoms in total. The molecule has 0 radical (unpaired) electrons. The summed E-state index contributed by atoms with van der Waals surface area (Å²) in [7, 11) is 0. The third-order valence-corrected chi connectivity index (χ3v) is 3.22. The lowest BCUT2D eigenvalue weighted by Crippen LogP contribution is -2.45. The van der Waals surface area contributed by atoms with Crippen LogP contribution in [-0.4, -0.2) is 11.4 Å². The van der Waals surface area contributed by atoms with Crippen molar-refractivity contribution in [1.29, 1.82) is 0 Å². The number of nitrogens with one attached hydrogen (secondary N) is 1. The van der Waals surface area contributed by atoms with Gasteiger partial charge in [0.05, 0.1) is 0 Å². The Morgan fingerprint density at radius 2 is 1.79 bits per heavy atom. The number of rotatable bonds is 3. The molecule has 1 aromatic rings. The van der Waals surface area contributed by atoms with E-state index in [-0.39, 0.29) is 16.9 Å². The van der Waals surface area contributed by atoms with Crippen LogP contribution in [0.5, 0.6) is 0 Å². The first-order valence-corrected chi connectivity index (χ1v) is 7.44. The van der Waals surface area contributed by atoms with Gasteiger partial charge in [0.2, 0.25) is 0 Å². The van der Waals surface area contributed by atoms with Gasteiger partial charge in [-0.25, -0.2) is 0 Å². The molecule has 0 unspecified atom stereocenters. The molecule has 0 atom stereocenters. The molecule has 0 bridgehead atoms. The van der Waals surface area contributed by atoms with Gasteiger partial charge >= 0.3 is 0 Å². The minimum atomic E-state index is -0.260. The zero-order chi connectivity index (χ0) is 14.8. The van der Waals surface area contributed by atoms with Crippen LogP contribution in [0.1, 0.15) is 51.4 Å². The summed E-state index contributed by atoms with van der Waals surface area (Å²) in [5, 5.41) is 3.61. The lowest BCUT2D eigenvalue weighted by atomic mass is 9.81. The van der Waals surface area contributed by atoms with E-state index in [1.165, 1.54) is 0 Å². The van der Waals surface area contributed by atoms with Gasteiger partial charge in [-0.3, -0.25) is 4.79 Å². The minimum Gasteiger partial charge on any atom is -0.347 e. The Balaban J connectivity index is 2.84. The molecule has 1 aromatic carbocycles. The molecule has 0 aliphatic heterocycles. The fourth-order valence-corrected chi connectivity index (χ4v) is 3.29. The third kappa shape index (κ3) is 5.96. The predicted octanol–water partition coefficient (Wildman–Crippen LogP) is 5.05. The number of carbonyl (C=O) groups excluding carboxylic acids is 1. The first-order chi connectivity index (χ1) is 8.48. The largest absolute Gasteiger partial charge is 0.347 e. The lowest BCUT2D eigenvalue weighted by Gasteiger charge is -2.33. The van der Waals surface area contributed by atoms with Gasteiger partial charge in [-0.2, -0.15) is 0 Å². The third-order valence-electron chi connectivity index (χ3n) is 2.55. The van der Waals surface area contributed by atoms with Crippen LogP contribution in [0.4, 0.5) is 0 Å². The molecule has 0 aliphatic carbocycles. The number of benzene rings is 1. The highest BCUT2D eigenvalue weighted by atomic mass is 79.9. The average Bonchev–Trinajstić information content (AvgIpc) is 2.10. The van der Waals surface area contributed by atoms with E-state index >= 15 is 0 Å². The fraction of sp³-hybridized carbons (Fsp3) is 0.533. The molecular weight excluding hydrogens is 326 g/mol. The number of hydrogen-bond acceptors (Lipinski definition) is 1. The molecule has 19 heavy (non-hydrogen) atoms. The van der Waals surface area contributed by atoms with E-state index < -0.39 is 0 Å². The van der Waals surface area contributed by atoms with Crippen LogP contribution >= 0.6 is 27.5 Å². The smallest absolute Gasteiger partial charge is 0.251 e. The fourth-order valence-electron chi connectivity index (χ4n) is 2.43. The standard InChI is InChI=1S/C15H21BrClNO/c1-14(2,3)9-15(4,5)18-13(19)10-6-11(16)8-12(17)7-10/h6-8H,9H2,1-5H3,(H,18,19). The van der Waals surface area contributed by atoms with E-state index in [9.17, 15) is 4.79 Å². The second-order valence-corrected chi connectivity index (χ2v) is 8.09. The molecule has 0 heterocycles. The van der Waals surface area contributed by atoms with Gasteiger partial charge in [0.1, 0.15) is 0 Å². The van der Waals surface area contributed by atoms with E-state index in [2.05, 4.69) is 42.0 Å². The Bertz CT molecular complexity index is 457. The summed E-state index contributed by atoms with van der Waals surface area (Å²) in [6.07, 6.45) is 0.896. The first-order valence-electron chi connectivity index (χ1n) is 6.27. The molecule has 1 N–H and O–H groups in total. The molecule has 0 saturated carbocycles. The van der Waals surface area contributed by atoms with Crippen molar-refractivity contribution in [3.05, 3.63) is 33.3 Å². The Morgan fingerprint density at radius 3 is 2.26 bits per heavy atom. The molecule has 0 saturated heterocycles. The van der Waals surface area contributed by atoms with Crippen LogP contribution in [0.2, 0.25) is 5.02 Å². The summed E-state index contributed by atoms with van der Waals surface area (Å²) in [5.41, 5.74) is 0.469. The highest BCUT2D eigenvalue weighted by Crippen LogP contribution is 2.27. The van der Waals surface area contributed by atoms with E-state index in [1.807, 2.05) is 13.8 Å². The molecule has 0 spiro atoms. The van der Waals surface area contributed by atoms with Crippen LogP contribution in [0.15, 0.2) is 22.7 Å². The summed E-state index contributed by atoms with van der Waals surface area (Å²) in [6.45, 7) is 10.6. The highest BCUT2D eigenvalue weighted by Gasteiger charge is 2.27. The maximum absolute atomic E-state index is 12.3. The summed E-state index contributed by atoms with van der Waals surface area (Å²) < 4.78 is 0.804. The van der Waals surface area contributed by atoms with Crippen molar-refractivity contribution < 1.29 is 4.79 Å². The van der Waals surface area contributed by atoms with Gasteiger partial charge in [0, 0.05) is 20.6 Å². The van der Waals surface area contributed by atoms with E-state index in [0.29, 0.717) is 10.6 Å². The van der Waals surface area contributed by atoms with Gasteiger partial charge in [-0.15, -0.1) is 0 Å². The SMILES string of the molecule is CC(C)(C)CC(C)(C)NC(=O)c1cc(Cl)cc(Br)c1. The topological polar surface area (TPSA) is 29.1 Å². The molecule has 1 amide bonds. The summed E-state index contributed by atoms with van der Waals surface area (Å²) >= 11 is 9.31. The van der Waals surface area contributed by atoms with Crippen LogP contribution in [0.3, 0.4) is 0 Å². The van der Waals surface area contributed by atoms with E-state index in [4.69, 9.17) is 11.6 Å². The second kappa shape index (κ2) is 5.84. The number of carbonyl (C=O) groups is 1. The molecule has 1 rings (SSSR count). The maximum Gasteiger partial charge on any atom is 0.251 e. The molecule has 0 aromatic heterocycles. The number of amides is 1. The van der Waals surface area contributed by atoms with Crippen molar-refractivity contribution in [1.82, 2.24) is 5.32 Å². The Morgan fingerprint density at radius 1 is 1.21 bits per heavy atom. The van der Waals surface area contributed by atoms with Crippen molar-refractivity contribution in [2.75, 3.05) is 0 Å². The Labute approximate surface area is 129 Å². The van der Waals surface area contributed by atoms with Gasteiger partial charge in [-0.1, -0.05) is 48.3 Å². The van der Waals surface area contributed by atoms with E-state index in [0.717, 1.165) is 10.9 Å². The van der Waals surface area contributed by atoms with Gasteiger partial charge < -0.3 is 5.32 Å². The highest BCUT2D eigenvalue weighted by molar-refractivity contribution is 9.10. The zero-order valence-corrected chi connectivity index (χ0v) is 14.4. The van der Waals surface area contributed by atoms with Crippen LogP contribution in [0.25, 0.3) is 0 Å². The van der Waals surface area contributed by atoms with Crippen molar-refractivity contribution in [2.24, 2.45) is 5.41 Å². The number of halogens is 2. The van der Waals surface area contributed by atoms with Crippen molar-refractivity contribution >= 4 is 33.4 Å². The predicted molar refractivity (Wildman–Crippen MR) is 84.8 cm³/mol. The average molecular weight is 347 g/mol. The zero-order valence-electron chi connectivity index (χ0n) is 12.1. The Hall–Kier alpha value is -0.540. The molecular formula is C15H21BrClNO. The summed E-state index contributed by atoms with van der Waals surface area (Å²) in [6, 6.07) is 5.21. The van der Waals surface area contributed by atoms with Crippen LogP contribution in [-0.2, 0) is 0 Å². The maximum atomic E-state index is 12.3. The minimum absolute atomic E-state index is 0.0996. The molecule has 106 valence electrons. The van der Waals surface area contributed by atoms with Gasteiger partial charge in [0.25, 0.3) is 5.91 Å². The first kappa shape index (κ1) is 16.5. The van der Waals surface area contributed by atoms with Crippen molar-refractivity contribution in [3.63, 3.8) is 0 Å².